The monoisotopic (exact) mass is 233 g/mol. The minimum absolute atomic E-state index is 0.600. The number of hydrogen-bond donors (Lipinski definition) is 1. The lowest BCUT2D eigenvalue weighted by atomic mass is 9.88. The standard InChI is InChI=1S/C16H27N/c1-5-9-16(17-12-6-2)14(4)15-11-8-7-10-13(15)3/h7-8,10-11,14,16-17H,5-6,9,12H2,1-4H3. The zero-order valence-electron chi connectivity index (χ0n) is 11.8. The molecule has 1 aromatic carbocycles. The average Bonchev–Trinajstić information content (AvgIpc) is 2.34. The van der Waals surface area contributed by atoms with Crippen LogP contribution in [0, 0.1) is 6.92 Å². The largest absolute Gasteiger partial charge is 0.313 e. The summed E-state index contributed by atoms with van der Waals surface area (Å²) >= 11 is 0. The van der Waals surface area contributed by atoms with Gasteiger partial charge in [0.15, 0.2) is 0 Å². The minimum atomic E-state index is 0.600. The third kappa shape index (κ3) is 4.16. The van der Waals surface area contributed by atoms with Gasteiger partial charge in [0.1, 0.15) is 0 Å². The maximum atomic E-state index is 3.70. The highest BCUT2D eigenvalue weighted by Crippen LogP contribution is 2.24. The molecule has 1 heteroatoms. The fraction of sp³-hybridized carbons (Fsp3) is 0.625. The topological polar surface area (TPSA) is 12.0 Å². The summed E-state index contributed by atoms with van der Waals surface area (Å²) in [7, 11) is 0. The fourth-order valence-corrected chi connectivity index (χ4v) is 2.48. The van der Waals surface area contributed by atoms with Crippen LogP contribution < -0.4 is 5.32 Å². The molecule has 2 atom stereocenters. The molecule has 0 saturated heterocycles. The molecule has 0 aliphatic rings. The van der Waals surface area contributed by atoms with Gasteiger partial charge in [0.05, 0.1) is 0 Å². The Morgan fingerprint density at radius 1 is 1.12 bits per heavy atom. The van der Waals surface area contributed by atoms with Gasteiger partial charge in [0.2, 0.25) is 0 Å². The molecule has 96 valence electrons. The Labute approximate surface area is 107 Å². The van der Waals surface area contributed by atoms with E-state index < -0.39 is 0 Å². The zero-order valence-corrected chi connectivity index (χ0v) is 11.8. The van der Waals surface area contributed by atoms with Crippen LogP contribution in [-0.2, 0) is 0 Å². The highest BCUT2D eigenvalue weighted by molar-refractivity contribution is 5.29. The first-order valence-electron chi connectivity index (χ1n) is 6.99. The maximum Gasteiger partial charge on any atom is 0.0133 e. The molecule has 0 fully saturated rings. The maximum absolute atomic E-state index is 3.70. The highest BCUT2D eigenvalue weighted by Gasteiger charge is 2.18. The minimum Gasteiger partial charge on any atom is -0.313 e. The van der Waals surface area contributed by atoms with Crippen LogP contribution in [0.4, 0.5) is 0 Å². The predicted octanol–water partition coefficient (Wildman–Crippen LogP) is 4.27. The van der Waals surface area contributed by atoms with Crippen LogP contribution in [0.1, 0.15) is 57.1 Å². The van der Waals surface area contributed by atoms with Crippen molar-refractivity contribution in [2.75, 3.05) is 6.54 Å². The summed E-state index contributed by atoms with van der Waals surface area (Å²) in [6.07, 6.45) is 3.72. The predicted molar refractivity (Wildman–Crippen MR) is 76.6 cm³/mol. The van der Waals surface area contributed by atoms with Crippen molar-refractivity contribution < 1.29 is 0 Å². The highest BCUT2D eigenvalue weighted by atomic mass is 14.9. The molecule has 17 heavy (non-hydrogen) atoms. The van der Waals surface area contributed by atoms with Crippen LogP contribution in [0.3, 0.4) is 0 Å². The summed E-state index contributed by atoms with van der Waals surface area (Å²) in [5.41, 5.74) is 2.91. The Kier molecular flexibility index (Phi) is 6.28. The summed E-state index contributed by atoms with van der Waals surface area (Å²) in [6, 6.07) is 9.38. The Morgan fingerprint density at radius 3 is 2.41 bits per heavy atom. The molecular weight excluding hydrogens is 206 g/mol. The normalized spacial score (nSPS) is 14.6. The lowest BCUT2D eigenvalue weighted by Crippen LogP contribution is -2.34. The second-order valence-corrected chi connectivity index (χ2v) is 4.99. The van der Waals surface area contributed by atoms with Crippen LogP contribution in [-0.4, -0.2) is 12.6 Å². The SMILES string of the molecule is CCCNC(CCC)C(C)c1ccccc1C. The lowest BCUT2D eigenvalue weighted by Gasteiger charge is -2.26. The molecule has 0 aromatic heterocycles. The Hall–Kier alpha value is -0.820. The first-order chi connectivity index (χ1) is 8.20. The van der Waals surface area contributed by atoms with Crippen molar-refractivity contribution in [1.82, 2.24) is 5.32 Å². The van der Waals surface area contributed by atoms with Gasteiger partial charge in [0.25, 0.3) is 0 Å². The van der Waals surface area contributed by atoms with Gasteiger partial charge in [0, 0.05) is 6.04 Å². The Balaban J connectivity index is 2.76. The Morgan fingerprint density at radius 2 is 1.82 bits per heavy atom. The van der Waals surface area contributed by atoms with E-state index in [4.69, 9.17) is 0 Å². The number of nitrogens with one attached hydrogen (secondary N) is 1. The molecule has 1 rings (SSSR count). The molecule has 1 nitrogen and oxygen atoms in total. The third-order valence-electron chi connectivity index (χ3n) is 3.54. The summed E-state index contributed by atoms with van der Waals surface area (Å²) < 4.78 is 0. The van der Waals surface area contributed by atoms with E-state index >= 15 is 0 Å². The van der Waals surface area contributed by atoms with E-state index in [-0.39, 0.29) is 0 Å². The first kappa shape index (κ1) is 14.2. The summed E-state index contributed by atoms with van der Waals surface area (Å²) in [4.78, 5) is 0. The lowest BCUT2D eigenvalue weighted by molar-refractivity contribution is 0.420. The van der Waals surface area contributed by atoms with Gasteiger partial charge >= 0.3 is 0 Å². The van der Waals surface area contributed by atoms with E-state index in [1.807, 2.05) is 0 Å². The summed E-state index contributed by atoms with van der Waals surface area (Å²) in [5.74, 6) is 0.600. The molecule has 0 spiro atoms. The van der Waals surface area contributed by atoms with Crippen LogP contribution in [0.15, 0.2) is 24.3 Å². The summed E-state index contributed by atoms with van der Waals surface area (Å²) in [5, 5.41) is 3.70. The van der Waals surface area contributed by atoms with E-state index in [2.05, 4.69) is 57.3 Å². The van der Waals surface area contributed by atoms with Crippen molar-refractivity contribution in [2.45, 2.75) is 58.9 Å². The molecule has 0 radical (unpaired) electrons. The van der Waals surface area contributed by atoms with E-state index in [9.17, 15) is 0 Å². The number of rotatable bonds is 7. The van der Waals surface area contributed by atoms with Gasteiger partial charge in [-0.25, -0.2) is 0 Å². The molecule has 0 bridgehead atoms. The number of benzene rings is 1. The van der Waals surface area contributed by atoms with Crippen LogP contribution in [0.5, 0.6) is 0 Å². The van der Waals surface area contributed by atoms with E-state index in [1.54, 1.807) is 0 Å². The van der Waals surface area contributed by atoms with Crippen molar-refractivity contribution in [3.63, 3.8) is 0 Å². The molecular formula is C16H27N. The second kappa shape index (κ2) is 7.50. The smallest absolute Gasteiger partial charge is 0.0133 e. The van der Waals surface area contributed by atoms with Crippen molar-refractivity contribution in [1.29, 1.82) is 0 Å². The summed E-state index contributed by atoms with van der Waals surface area (Å²) in [6.45, 7) is 10.2. The number of hydrogen-bond acceptors (Lipinski definition) is 1. The van der Waals surface area contributed by atoms with Gasteiger partial charge in [-0.2, -0.15) is 0 Å². The molecule has 0 heterocycles. The van der Waals surface area contributed by atoms with Crippen molar-refractivity contribution in [2.24, 2.45) is 0 Å². The molecule has 2 unspecified atom stereocenters. The van der Waals surface area contributed by atoms with Gasteiger partial charge in [-0.3, -0.25) is 0 Å². The molecule has 0 amide bonds. The first-order valence-corrected chi connectivity index (χ1v) is 6.99. The van der Waals surface area contributed by atoms with Crippen molar-refractivity contribution in [3.8, 4) is 0 Å². The van der Waals surface area contributed by atoms with Gasteiger partial charge in [-0.1, -0.05) is 51.5 Å². The fourth-order valence-electron chi connectivity index (χ4n) is 2.48. The molecule has 0 aliphatic heterocycles. The van der Waals surface area contributed by atoms with Crippen LogP contribution in [0.25, 0.3) is 0 Å². The molecule has 1 N–H and O–H groups in total. The number of aryl methyl sites for hydroxylation is 1. The Bertz CT molecular complexity index is 319. The third-order valence-corrected chi connectivity index (χ3v) is 3.54. The van der Waals surface area contributed by atoms with E-state index in [0.717, 1.165) is 6.54 Å². The van der Waals surface area contributed by atoms with Crippen LogP contribution >= 0.6 is 0 Å². The second-order valence-electron chi connectivity index (χ2n) is 4.99. The average molecular weight is 233 g/mol. The zero-order chi connectivity index (χ0) is 12.7. The molecule has 0 aliphatic carbocycles. The van der Waals surface area contributed by atoms with Gasteiger partial charge < -0.3 is 5.32 Å². The molecule has 1 aromatic rings. The van der Waals surface area contributed by atoms with Crippen LogP contribution in [0.2, 0.25) is 0 Å². The van der Waals surface area contributed by atoms with E-state index in [0.29, 0.717) is 12.0 Å². The van der Waals surface area contributed by atoms with Gasteiger partial charge in [-0.15, -0.1) is 0 Å². The van der Waals surface area contributed by atoms with Crippen molar-refractivity contribution in [3.05, 3.63) is 35.4 Å². The molecule has 0 saturated carbocycles. The van der Waals surface area contributed by atoms with Gasteiger partial charge in [-0.05, 0) is 43.4 Å². The van der Waals surface area contributed by atoms with Crippen molar-refractivity contribution >= 4 is 0 Å². The van der Waals surface area contributed by atoms with E-state index in [1.165, 1.54) is 30.4 Å². The quantitative estimate of drug-likeness (QED) is 0.741.